The summed E-state index contributed by atoms with van der Waals surface area (Å²) in [6.45, 7) is 1.74. The summed E-state index contributed by atoms with van der Waals surface area (Å²) in [5.74, 6) is 0. The zero-order valence-corrected chi connectivity index (χ0v) is 12.3. The largest absolute Gasteiger partial charge is 0.398 e. The average Bonchev–Trinajstić information content (AvgIpc) is 2.38. The molecule has 20 heavy (non-hydrogen) atoms. The van der Waals surface area contributed by atoms with Crippen molar-refractivity contribution in [1.82, 2.24) is 9.71 Å². The lowest BCUT2D eigenvalue weighted by Gasteiger charge is -2.16. The van der Waals surface area contributed by atoms with Crippen molar-refractivity contribution in [1.29, 1.82) is 0 Å². The second-order valence-electron chi connectivity index (χ2n) is 4.28. The highest BCUT2D eigenvalue weighted by Crippen LogP contribution is 2.28. The molecule has 0 aliphatic rings. The molecule has 1 aromatic carbocycles. The highest BCUT2D eigenvalue weighted by Gasteiger charge is 2.23. The summed E-state index contributed by atoms with van der Waals surface area (Å²) >= 11 is 5.93. The quantitative estimate of drug-likeness (QED) is 0.849. The predicted octanol–water partition coefficient (Wildman–Crippen LogP) is 2.36. The van der Waals surface area contributed by atoms with Gasteiger partial charge in [0.1, 0.15) is 4.90 Å². The van der Waals surface area contributed by atoms with Crippen LogP contribution in [0.3, 0.4) is 0 Å². The standard InChI is InChI=1S/C13H14ClN3O2S/c1-9(10-5-7-16-8-6-10)17-20(18,19)13-11(14)3-2-4-12(13)15/h2-9,17H,15H2,1H3. The molecule has 2 rings (SSSR count). The number of hydrogen-bond donors (Lipinski definition) is 2. The van der Waals surface area contributed by atoms with Gasteiger partial charge < -0.3 is 5.73 Å². The number of nitrogen functional groups attached to an aromatic ring is 1. The Labute approximate surface area is 122 Å². The van der Waals surface area contributed by atoms with Crippen molar-refractivity contribution in [3.8, 4) is 0 Å². The van der Waals surface area contributed by atoms with Gasteiger partial charge in [0.2, 0.25) is 10.0 Å². The summed E-state index contributed by atoms with van der Waals surface area (Å²) < 4.78 is 27.3. The second-order valence-corrected chi connectivity index (χ2v) is 6.34. The molecule has 0 bridgehead atoms. The van der Waals surface area contributed by atoms with Gasteiger partial charge in [0.05, 0.1) is 10.7 Å². The van der Waals surface area contributed by atoms with Gasteiger partial charge in [0, 0.05) is 18.4 Å². The number of nitrogens with one attached hydrogen (secondary N) is 1. The Balaban J connectivity index is 2.33. The normalized spacial score (nSPS) is 13.1. The smallest absolute Gasteiger partial charge is 0.244 e. The van der Waals surface area contributed by atoms with Crippen LogP contribution in [0.25, 0.3) is 0 Å². The number of aromatic nitrogens is 1. The van der Waals surface area contributed by atoms with Crippen molar-refractivity contribution < 1.29 is 8.42 Å². The van der Waals surface area contributed by atoms with Crippen LogP contribution in [-0.2, 0) is 10.0 Å². The van der Waals surface area contributed by atoms with Gasteiger partial charge in [-0.2, -0.15) is 0 Å². The highest BCUT2D eigenvalue weighted by molar-refractivity contribution is 7.89. The van der Waals surface area contributed by atoms with Crippen LogP contribution >= 0.6 is 11.6 Å². The van der Waals surface area contributed by atoms with Gasteiger partial charge in [-0.1, -0.05) is 17.7 Å². The maximum Gasteiger partial charge on any atom is 0.244 e. The summed E-state index contributed by atoms with van der Waals surface area (Å²) in [5.41, 5.74) is 6.63. The first-order valence-electron chi connectivity index (χ1n) is 5.88. The molecule has 0 fully saturated rings. The molecule has 0 saturated heterocycles. The van der Waals surface area contributed by atoms with Crippen molar-refractivity contribution in [2.75, 3.05) is 5.73 Å². The fourth-order valence-corrected chi connectivity index (χ4v) is 3.73. The van der Waals surface area contributed by atoms with E-state index in [4.69, 9.17) is 17.3 Å². The van der Waals surface area contributed by atoms with Gasteiger partial charge in [-0.3, -0.25) is 4.98 Å². The maximum atomic E-state index is 12.4. The van der Waals surface area contributed by atoms with E-state index < -0.39 is 16.1 Å². The third-order valence-electron chi connectivity index (χ3n) is 2.80. The van der Waals surface area contributed by atoms with Crippen LogP contribution in [0.2, 0.25) is 5.02 Å². The van der Waals surface area contributed by atoms with Crippen LogP contribution in [-0.4, -0.2) is 13.4 Å². The number of hydrogen-bond acceptors (Lipinski definition) is 4. The summed E-state index contributed by atoms with van der Waals surface area (Å²) in [4.78, 5) is 3.80. The fraction of sp³-hybridized carbons (Fsp3) is 0.154. The van der Waals surface area contributed by atoms with Gasteiger partial charge in [0.15, 0.2) is 0 Å². The van der Waals surface area contributed by atoms with Crippen molar-refractivity contribution >= 4 is 27.3 Å². The Kier molecular flexibility index (Phi) is 4.27. The van der Waals surface area contributed by atoms with E-state index in [0.717, 1.165) is 5.56 Å². The zero-order valence-electron chi connectivity index (χ0n) is 10.7. The molecular weight excluding hydrogens is 298 g/mol. The first-order valence-corrected chi connectivity index (χ1v) is 7.74. The van der Waals surface area contributed by atoms with E-state index in [1.807, 2.05) is 0 Å². The van der Waals surface area contributed by atoms with Gasteiger partial charge in [-0.15, -0.1) is 0 Å². The summed E-state index contributed by atoms with van der Waals surface area (Å²) in [5, 5.41) is 0.0967. The average molecular weight is 312 g/mol. The predicted molar refractivity (Wildman–Crippen MR) is 78.8 cm³/mol. The number of anilines is 1. The lowest BCUT2D eigenvalue weighted by atomic mass is 10.1. The van der Waals surface area contributed by atoms with Crippen LogP contribution in [0.15, 0.2) is 47.6 Å². The van der Waals surface area contributed by atoms with Gasteiger partial charge in [-0.25, -0.2) is 13.1 Å². The number of sulfonamides is 1. The second kappa shape index (κ2) is 5.78. The Morgan fingerprint density at radius 3 is 2.50 bits per heavy atom. The number of benzene rings is 1. The maximum absolute atomic E-state index is 12.4. The first kappa shape index (κ1) is 14.8. The minimum Gasteiger partial charge on any atom is -0.398 e. The molecule has 1 aromatic heterocycles. The molecule has 1 heterocycles. The topological polar surface area (TPSA) is 85.1 Å². The molecule has 5 nitrogen and oxygen atoms in total. The van der Waals surface area contributed by atoms with E-state index >= 15 is 0 Å². The summed E-state index contributed by atoms with van der Waals surface area (Å²) in [6, 6.07) is 7.65. The Hall–Kier alpha value is -1.63. The minimum atomic E-state index is -3.80. The van der Waals surface area contributed by atoms with Crippen molar-refractivity contribution in [3.05, 3.63) is 53.3 Å². The molecule has 0 saturated carbocycles. The SMILES string of the molecule is CC(NS(=O)(=O)c1c(N)cccc1Cl)c1ccncc1. The number of halogens is 1. The molecule has 0 amide bonds. The van der Waals surface area contributed by atoms with E-state index in [9.17, 15) is 8.42 Å². The van der Waals surface area contributed by atoms with Crippen molar-refractivity contribution in [3.63, 3.8) is 0 Å². The summed E-state index contributed by atoms with van der Waals surface area (Å²) in [6.07, 6.45) is 3.20. The molecule has 7 heteroatoms. The van der Waals surface area contributed by atoms with E-state index in [-0.39, 0.29) is 15.6 Å². The van der Waals surface area contributed by atoms with Gasteiger partial charge in [-0.05, 0) is 36.8 Å². The van der Waals surface area contributed by atoms with Crippen LogP contribution in [0.1, 0.15) is 18.5 Å². The molecule has 0 radical (unpaired) electrons. The lowest BCUT2D eigenvalue weighted by Crippen LogP contribution is -2.27. The molecule has 0 aliphatic carbocycles. The van der Waals surface area contributed by atoms with Crippen LogP contribution in [0, 0.1) is 0 Å². The highest BCUT2D eigenvalue weighted by atomic mass is 35.5. The molecular formula is C13H14ClN3O2S. The number of rotatable bonds is 4. The minimum absolute atomic E-state index is 0.0948. The molecule has 0 aliphatic heterocycles. The van der Waals surface area contributed by atoms with Gasteiger partial charge >= 0.3 is 0 Å². The van der Waals surface area contributed by atoms with Crippen LogP contribution < -0.4 is 10.5 Å². The monoisotopic (exact) mass is 311 g/mol. The van der Waals surface area contributed by atoms with Gasteiger partial charge in [0.25, 0.3) is 0 Å². The fourth-order valence-electron chi connectivity index (χ4n) is 1.82. The first-order chi connectivity index (χ1) is 9.42. The molecule has 3 N–H and O–H groups in total. The molecule has 0 spiro atoms. The lowest BCUT2D eigenvalue weighted by molar-refractivity contribution is 0.567. The Morgan fingerprint density at radius 2 is 1.90 bits per heavy atom. The van der Waals surface area contributed by atoms with Crippen molar-refractivity contribution in [2.24, 2.45) is 0 Å². The van der Waals surface area contributed by atoms with E-state index in [1.54, 1.807) is 37.5 Å². The molecule has 106 valence electrons. The van der Waals surface area contributed by atoms with E-state index in [1.165, 1.54) is 12.1 Å². The van der Waals surface area contributed by atoms with Crippen LogP contribution in [0.4, 0.5) is 5.69 Å². The molecule has 1 unspecified atom stereocenters. The molecule has 2 aromatic rings. The van der Waals surface area contributed by atoms with E-state index in [2.05, 4.69) is 9.71 Å². The van der Waals surface area contributed by atoms with Crippen molar-refractivity contribution in [2.45, 2.75) is 17.9 Å². The summed E-state index contributed by atoms with van der Waals surface area (Å²) in [7, 11) is -3.80. The Morgan fingerprint density at radius 1 is 1.25 bits per heavy atom. The van der Waals surface area contributed by atoms with E-state index in [0.29, 0.717) is 0 Å². The number of pyridine rings is 1. The number of nitrogens with zero attached hydrogens (tertiary/aromatic N) is 1. The Bertz CT molecular complexity index is 685. The van der Waals surface area contributed by atoms with Crippen LogP contribution in [0.5, 0.6) is 0 Å². The third kappa shape index (κ3) is 3.09. The molecule has 1 atom stereocenters. The zero-order chi connectivity index (χ0) is 14.8. The number of nitrogens with two attached hydrogens (primary N) is 1. The third-order valence-corrected chi connectivity index (χ3v) is 4.89.